The molecule has 0 saturated carbocycles. The molecule has 2 rings (SSSR count). The molecule has 0 aromatic heterocycles. The molecule has 100 valence electrons. The minimum Gasteiger partial charge on any atom is -0.397 e. The highest BCUT2D eigenvalue weighted by Crippen LogP contribution is 2.32. The number of hydrogen-bond acceptors (Lipinski definition) is 2. The van der Waals surface area contributed by atoms with Crippen molar-refractivity contribution in [2.75, 3.05) is 17.7 Å². The average Bonchev–Trinajstić information content (AvgIpc) is 2.38. The number of hydrogen-bond donors (Lipinski definition) is 1. The third kappa shape index (κ3) is 2.90. The van der Waals surface area contributed by atoms with Crippen LogP contribution in [0.4, 0.5) is 17.1 Å². The third-order valence-electron chi connectivity index (χ3n) is 3.40. The third-order valence-corrected chi connectivity index (χ3v) is 3.40. The summed E-state index contributed by atoms with van der Waals surface area (Å²) in [6.07, 6.45) is 0. The van der Waals surface area contributed by atoms with Crippen LogP contribution in [0.15, 0.2) is 48.5 Å². The van der Waals surface area contributed by atoms with Gasteiger partial charge in [-0.3, -0.25) is 0 Å². The molecule has 2 aromatic rings. The second kappa shape index (κ2) is 4.96. The number of nitrogen functional groups attached to an aromatic ring is 1. The molecule has 2 nitrogen and oxygen atoms in total. The van der Waals surface area contributed by atoms with Crippen LogP contribution in [0, 0.1) is 0 Å². The van der Waals surface area contributed by atoms with Crippen LogP contribution in [0.25, 0.3) is 0 Å². The summed E-state index contributed by atoms with van der Waals surface area (Å²) >= 11 is 0. The Morgan fingerprint density at radius 1 is 0.947 bits per heavy atom. The molecule has 0 atom stereocenters. The first-order valence-electron chi connectivity index (χ1n) is 6.58. The highest BCUT2D eigenvalue weighted by molar-refractivity contribution is 5.75. The quantitative estimate of drug-likeness (QED) is 0.808. The zero-order valence-electron chi connectivity index (χ0n) is 12.1. The molecule has 0 unspecified atom stereocenters. The smallest absolute Gasteiger partial charge is 0.0641 e. The van der Waals surface area contributed by atoms with Crippen LogP contribution in [0.3, 0.4) is 0 Å². The van der Waals surface area contributed by atoms with Crippen LogP contribution in [0.2, 0.25) is 0 Å². The molecule has 0 aliphatic carbocycles. The fourth-order valence-corrected chi connectivity index (χ4v) is 2.12. The molecule has 0 spiro atoms. The van der Waals surface area contributed by atoms with Gasteiger partial charge in [0.25, 0.3) is 0 Å². The molecule has 2 N–H and O–H groups in total. The van der Waals surface area contributed by atoms with Crippen LogP contribution >= 0.6 is 0 Å². The molecular weight excluding hydrogens is 232 g/mol. The van der Waals surface area contributed by atoms with E-state index in [-0.39, 0.29) is 5.41 Å². The van der Waals surface area contributed by atoms with E-state index in [1.54, 1.807) is 0 Å². The van der Waals surface area contributed by atoms with Crippen molar-refractivity contribution in [2.24, 2.45) is 0 Å². The largest absolute Gasteiger partial charge is 0.397 e. The van der Waals surface area contributed by atoms with E-state index in [0.717, 1.165) is 17.1 Å². The number of anilines is 3. The Labute approximate surface area is 115 Å². The first kappa shape index (κ1) is 13.5. The Hall–Kier alpha value is -1.96. The molecule has 0 amide bonds. The monoisotopic (exact) mass is 254 g/mol. The van der Waals surface area contributed by atoms with Gasteiger partial charge in [0.15, 0.2) is 0 Å². The molecule has 0 bridgehead atoms. The fourth-order valence-electron chi connectivity index (χ4n) is 2.12. The number of rotatable bonds is 2. The zero-order valence-corrected chi connectivity index (χ0v) is 12.1. The first-order chi connectivity index (χ1) is 8.89. The van der Waals surface area contributed by atoms with Gasteiger partial charge in [0.1, 0.15) is 0 Å². The maximum atomic E-state index is 6.21. The van der Waals surface area contributed by atoms with Crippen molar-refractivity contribution in [3.8, 4) is 0 Å². The van der Waals surface area contributed by atoms with E-state index in [1.807, 2.05) is 25.2 Å². The van der Waals surface area contributed by atoms with E-state index in [2.05, 4.69) is 56.0 Å². The SMILES string of the molecule is CN(c1ccccc1)c1ccc(C(C)(C)C)cc1N. The van der Waals surface area contributed by atoms with E-state index >= 15 is 0 Å². The van der Waals surface area contributed by atoms with Crippen molar-refractivity contribution in [2.45, 2.75) is 26.2 Å². The molecule has 2 aromatic carbocycles. The van der Waals surface area contributed by atoms with Crippen LogP contribution in [0.5, 0.6) is 0 Å². The lowest BCUT2D eigenvalue weighted by atomic mass is 9.86. The second-order valence-corrected chi connectivity index (χ2v) is 5.92. The Bertz CT molecular complexity index is 553. The van der Waals surface area contributed by atoms with Crippen LogP contribution < -0.4 is 10.6 Å². The van der Waals surface area contributed by atoms with Crippen molar-refractivity contribution in [3.05, 3.63) is 54.1 Å². The van der Waals surface area contributed by atoms with Gasteiger partial charge >= 0.3 is 0 Å². The lowest BCUT2D eigenvalue weighted by Crippen LogP contribution is -2.15. The van der Waals surface area contributed by atoms with Crippen LogP contribution in [-0.2, 0) is 5.41 Å². The van der Waals surface area contributed by atoms with Gasteiger partial charge in [0.2, 0.25) is 0 Å². The Morgan fingerprint density at radius 2 is 1.58 bits per heavy atom. The predicted molar refractivity (Wildman–Crippen MR) is 84.1 cm³/mol. The number of para-hydroxylation sites is 1. The van der Waals surface area contributed by atoms with Gasteiger partial charge in [0.05, 0.1) is 11.4 Å². The summed E-state index contributed by atoms with van der Waals surface area (Å²) in [5.41, 5.74) is 10.6. The Kier molecular flexibility index (Phi) is 3.52. The molecule has 2 heteroatoms. The van der Waals surface area contributed by atoms with Gasteiger partial charge in [-0.15, -0.1) is 0 Å². The number of nitrogens with zero attached hydrogens (tertiary/aromatic N) is 1. The second-order valence-electron chi connectivity index (χ2n) is 5.92. The van der Waals surface area contributed by atoms with Crippen molar-refractivity contribution in [1.29, 1.82) is 0 Å². The molecule has 0 saturated heterocycles. The van der Waals surface area contributed by atoms with E-state index < -0.39 is 0 Å². The standard InChI is InChI=1S/C17H22N2/c1-17(2,3)13-10-11-16(15(18)12-13)19(4)14-8-6-5-7-9-14/h5-12H,18H2,1-4H3. The molecule has 0 heterocycles. The molecule has 0 radical (unpaired) electrons. The zero-order chi connectivity index (χ0) is 14.0. The molecule has 0 aliphatic heterocycles. The average molecular weight is 254 g/mol. The molecule has 0 fully saturated rings. The van der Waals surface area contributed by atoms with Crippen LogP contribution in [0.1, 0.15) is 26.3 Å². The van der Waals surface area contributed by atoms with Gasteiger partial charge in [-0.25, -0.2) is 0 Å². The molecular formula is C17H22N2. The van der Waals surface area contributed by atoms with Crippen LogP contribution in [-0.4, -0.2) is 7.05 Å². The van der Waals surface area contributed by atoms with Crippen molar-refractivity contribution >= 4 is 17.1 Å². The summed E-state index contributed by atoms with van der Waals surface area (Å²) < 4.78 is 0. The minimum atomic E-state index is 0.123. The van der Waals surface area contributed by atoms with E-state index in [1.165, 1.54) is 5.56 Å². The highest BCUT2D eigenvalue weighted by Gasteiger charge is 2.16. The van der Waals surface area contributed by atoms with Gasteiger partial charge in [-0.1, -0.05) is 45.0 Å². The topological polar surface area (TPSA) is 29.3 Å². The lowest BCUT2D eigenvalue weighted by Gasteiger charge is -2.24. The van der Waals surface area contributed by atoms with Gasteiger partial charge in [-0.05, 0) is 35.2 Å². The van der Waals surface area contributed by atoms with Gasteiger partial charge < -0.3 is 10.6 Å². The summed E-state index contributed by atoms with van der Waals surface area (Å²) in [4.78, 5) is 2.11. The first-order valence-corrected chi connectivity index (χ1v) is 6.58. The molecule has 19 heavy (non-hydrogen) atoms. The normalized spacial score (nSPS) is 11.4. The fraction of sp³-hybridized carbons (Fsp3) is 0.294. The Morgan fingerprint density at radius 3 is 2.11 bits per heavy atom. The summed E-state index contributed by atoms with van der Waals surface area (Å²) in [6, 6.07) is 16.6. The summed E-state index contributed by atoms with van der Waals surface area (Å²) in [5.74, 6) is 0. The van der Waals surface area contributed by atoms with Crippen molar-refractivity contribution < 1.29 is 0 Å². The highest BCUT2D eigenvalue weighted by atomic mass is 15.1. The molecule has 0 aliphatic rings. The number of benzene rings is 2. The number of nitrogens with two attached hydrogens (primary N) is 1. The minimum absolute atomic E-state index is 0.123. The van der Waals surface area contributed by atoms with Crippen molar-refractivity contribution in [1.82, 2.24) is 0 Å². The van der Waals surface area contributed by atoms with Gasteiger partial charge in [0, 0.05) is 12.7 Å². The summed E-state index contributed by atoms with van der Waals surface area (Å²) in [5, 5.41) is 0. The lowest BCUT2D eigenvalue weighted by molar-refractivity contribution is 0.590. The van der Waals surface area contributed by atoms with E-state index in [4.69, 9.17) is 5.73 Å². The predicted octanol–water partition coefficient (Wildman–Crippen LogP) is 4.33. The maximum absolute atomic E-state index is 6.21. The van der Waals surface area contributed by atoms with E-state index in [9.17, 15) is 0 Å². The van der Waals surface area contributed by atoms with E-state index in [0.29, 0.717) is 0 Å². The maximum Gasteiger partial charge on any atom is 0.0641 e. The summed E-state index contributed by atoms with van der Waals surface area (Å²) in [6.45, 7) is 6.59. The van der Waals surface area contributed by atoms with Gasteiger partial charge in [-0.2, -0.15) is 0 Å². The summed E-state index contributed by atoms with van der Waals surface area (Å²) in [7, 11) is 2.04. The van der Waals surface area contributed by atoms with Crippen molar-refractivity contribution in [3.63, 3.8) is 0 Å². The Balaban J connectivity index is 2.37.